The highest BCUT2D eigenvalue weighted by Gasteiger charge is 2.51. The van der Waals surface area contributed by atoms with E-state index in [1.54, 1.807) is 9.80 Å². The molecule has 0 radical (unpaired) electrons. The third-order valence-corrected chi connectivity index (χ3v) is 16.2. The van der Waals surface area contributed by atoms with E-state index in [1.807, 2.05) is 49.9 Å². The summed E-state index contributed by atoms with van der Waals surface area (Å²) in [6.07, 6.45) is 15.1. The van der Waals surface area contributed by atoms with E-state index in [0.717, 1.165) is 87.1 Å². The Morgan fingerprint density at radius 2 is 1.05 bits per heavy atom. The van der Waals surface area contributed by atoms with Gasteiger partial charge in [0.05, 0.1) is 24.0 Å². The molecule has 0 unspecified atom stereocenters. The van der Waals surface area contributed by atoms with Gasteiger partial charge in [0.25, 0.3) is 0 Å². The second-order valence-corrected chi connectivity index (χ2v) is 20.8. The number of ketones is 2. The molecule has 3 aliphatic carbocycles. The van der Waals surface area contributed by atoms with Crippen LogP contribution in [0.4, 0.5) is 9.59 Å². The van der Waals surface area contributed by atoms with E-state index in [1.165, 1.54) is 11.3 Å². The summed E-state index contributed by atoms with van der Waals surface area (Å²) in [5.41, 5.74) is 4.65. The van der Waals surface area contributed by atoms with Crippen LogP contribution in [0.1, 0.15) is 153 Å². The predicted molar refractivity (Wildman–Crippen MR) is 247 cm³/mol. The smallest absolute Gasteiger partial charge is 0.318 e. The number of hydrogen-bond acceptors (Lipinski definition) is 8. The average molecular weight is 905 g/mol. The summed E-state index contributed by atoms with van der Waals surface area (Å²) in [6.45, 7) is 10.6. The summed E-state index contributed by atoms with van der Waals surface area (Å²) in [7, 11) is 0. The lowest BCUT2D eigenvalue weighted by Crippen LogP contribution is -2.55. The van der Waals surface area contributed by atoms with Gasteiger partial charge in [-0.25, -0.2) is 19.6 Å². The quantitative estimate of drug-likeness (QED) is 0.168. The van der Waals surface area contributed by atoms with Gasteiger partial charge in [-0.05, 0) is 92.6 Å². The molecule has 4 N–H and O–H groups in total. The van der Waals surface area contributed by atoms with E-state index in [4.69, 9.17) is 9.97 Å². The number of urea groups is 2. The summed E-state index contributed by atoms with van der Waals surface area (Å²) in [4.78, 5) is 102. The maximum Gasteiger partial charge on any atom is 0.318 e. The second-order valence-electron chi connectivity index (χ2n) is 20.8. The van der Waals surface area contributed by atoms with E-state index in [2.05, 4.69) is 44.9 Å². The van der Waals surface area contributed by atoms with Crippen molar-refractivity contribution in [3.05, 3.63) is 59.6 Å². The number of imidazole rings is 2. The largest absolute Gasteiger partial charge is 0.344 e. The van der Waals surface area contributed by atoms with Crippen molar-refractivity contribution >= 4 is 35.4 Å². The first-order valence-electron chi connectivity index (χ1n) is 24.7. The van der Waals surface area contributed by atoms with Gasteiger partial charge in [-0.1, -0.05) is 52.0 Å². The molecule has 2 aromatic heterocycles. The summed E-state index contributed by atoms with van der Waals surface area (Å²) in [5.74, 6) is 1.53. The van der Waals surface area contributed by atoms with E-state index >= 15 is 0 Å². The molecule has 354 valence electrons. The maximum absolute atomic E-state index is 14.1. The number of carbonyl (C=O) groups excluding carboxylic acids is 6. The number of benzene rings is 1. The van der Waals surface area contributed by atoms with Crippen LogP contribution in [-0.4, -0.2) is 126 Å². The number of aromatic nitrogens is 4. The minimum Gasteiger partial charge on any atom is -0.344 e. The Bertz CT molecular complexity index is 2270. The lowest BCUT2D eigenvalue weighted by molar-refractivity contribution is -0.136. The van der Waals surface area contributed by atoms with Crippen molar-refractivity contribution < 1.29 is 28.8 Å². The fraction of sp³-hybridized carbons (Fsp3) is 0.640. The number of amides is 6. The summed E-state index contributed by atoms with van der Waals surface area (Å²) in [5, 5.41) is 6.00. The van der Waals surface area contributed by atoms with Crippen LogP contribution in [0.15, 0.2) is 36.7 Å². The predicted octanol–water partition coefficient (Wildman–Crippen LogP) is 6.47. The molecule has 6 heterocycles. The first-order chi connectivity index (χ1) is 31.7. The van der Waals surface area contributed by atoms with Crippen molar-refractivity contribution in [2.75, 3.05) is 39.3 Å². The molecule has 4 aliphatic heterocycles. The zero-order valence-corrected chi connectivity index (χ0v) is 39.2. The molecule has 1 aromatic carbocycles. The van der Waals surface area contributed by atoms with Crippen LogP contribution in [0.3, 0.4) is 0 Å². The number of piperidine rings is 2. The fourth-order valence-corrected chi connectivity index (χ4v) is 11.8. The first-order valence-corrected chi connectivity index (χ1v) is 24.7. The van der Waals surface area contributed by atoms with Gasteiger partial charge in [0, 0.05) is 82.3 Å². The molecule has 6 amide bonds. The molecule has 16 heteroatoms. The molecular formula is C50H68N10O6. The molecule has 10 rings (SSSR count). The molecule has 4 atom stereocenters. The molecule has 3 saturated carbocycles. The van der Waals surface area contributed by atoms with Gasteiger partial charge in [0.2, 0.25) is 11.8 Å². The van der Waals surface area contributed by atoms with Crippen LogP contribution in [0.25, 0.3) is 11.3 Å². The Hall–Kier alpha value is -5.54. The van der Waals surface area contributed by atoms with Gasteiger partial charge in [-0.2, -0.15) is 0 Å². The molecule has 66 heavy (non-hydrogen) atoms. The van der Waals surface area contributed by atoms with Crippen molar-refractivity contribution in [1.82, 2.24) is 50.2 Å². The van der Waals surface area contributed by atoms with Crippen molar-refractivity contribution in [2.45, 2.75) is 153 Å². The van der Waals surface area contributed by atoms with Crippen molar-refractivity contribution in [2.24, 2.45) is 11.8 Å². The van der Waals surface area contributed by atoms with Crippen LogP contribution < -0.4 is 10.6 Å². The van der Waals surface area contributed by atoms with Gasteiger partial charge in [-0.15, -0.1) is 0 Å². The number of fused-ring (bicyclic) bond motifs is 3. The monoisotopic (exact) mass is 905 g/mol. The Balaban J connectivity index is 0.813. The average Bonchev–Trinajstić information content (AvgIpc) is 4.18. The summed E-state index contributed by atoms with van der Waals surface area (Å²) in [6, 6.07) is 6.67. The minimum atomic E-state index is -0.675. The van der Waals surface area contributed by atoms with Crippen LogP contribution in [0, 0.1) is 11.8 Å². The number of rotatable bonds is 11. The van der Waals surface area contributed by atoms with Crippen molar-refractivity contribution in [3.8, 4) is 11.3 Å². The van der Waals surface area contributed by atoms with Gasteiger partial charge in [0.15, 0.2) is 0 Å². The second kappa shape index (κ2) is 18.6. The Labute approximate surface area is 387 Å². The zero-order chi connectivity index (χ0) is 46.3. The van der Waals surface area contributed by atoms with E-state index in [-0.39, 0.29) is 70.2 Å². The first kappa shape index (κ1) is 45.6. The van der Waals surface area contributed by atoms with Crippen molar-refractivity contribution in [3.63, 3.8) is 0 Å². The molecule has 0 spiro atoms. The summed E-state index contributed by atoms with van der Waals surface area (Å²) >= 11 is 0. The van der Waals surface area contributed by atoms with Crippen molar-refractivity contribution in [1.29, 1.82) is 0 Å². The number of carbonyl (C=O) groups is 6. The Morgan fingerprint density at radius 3 is 1.52 bits per heavy atom. The number of hydrogen-bond donors (Lipinski definition) is 4. The molecule has 7 fully saturated rings. The van der Waals surface area contributed by atoms with Gasteiger partial charge in [0.1, 0.15) is 35.3 Å². The standard InChI is InChI=1S/C50H68N10O6/c1-31(2)41(55-47(65)57-25-13-35(61)14-26-57)45(63)59-23-5-7-38(59)43-51-29-37(53-43)33-9-11-34(12-10-33)49-17-20-50(21-18-49,22-19-49)40-30-52-44(54-40)39-8-6-24-60(39)46(64)42(32(3)4)56-48(66)58-27-15-36(62)16-28-58/h9-12,29-32,38-39,41-42H,5-8,13-28H2,1-4H3,(H,51,53)(H,52,54)(H,55,65)(H,56,66)/t38-,39-,41-,42-,49?,50?/m0/s1. The number of Topliss-reactive ketones (excluding diaryl/α,β-unsaturated/α-hetero) is 2. The highest BCUT2D eigenvalue weighted by atomic mass is 16.2. The molecule has 7 aliphatic rings. The number of likely N-dealkylation sites (tertiary alicyclic amines) is 4. The SMILES string of the molecule is CC(C)[C@H](NC(=O)N1CCC(=O)CC1)C(=O)N1CCC[C@H]1c1ncc(-c2ccc(C34CCC(c5cnc([C@@H]6CCCN6C(=O)[C@@H](NC(=O)N6CCC(=O)CC6)C(C)C)[nH]5)(CC3)CC4)cc2)[nH]1. The topological polar surface area (TPSA) is 197 Å². The van der Waals surface area contributed by atoms with E-state index in [0.29, 0.717) is 65.0 Å². The Kier molecular flexibility index (Phi) is 12.9. The van der Waals surface area contributed by atoms with Crippen LogP contribution >= 0.6 is 0 Å². The number of aromatic amines is 2. The van der Waals surface area contributed by atoms with Crippen LogP contribution in [0.2, 0.25) is 0 Å². The lowest BCUT2D eigenvalue weighted by Gasteiger charge is -2.53. The summed E-state index contributed by atoms with van der Waals surface area (Å²) < 4.78 is 0. The van der Waals surface area contributed by atoms with Gasteiger partial charge >= 0.3 is 12.1 Å². The molecule has 2 bridgehead atoms. The fourth-order valence-electron chi connectivity index (χ4n) is 11.8. The van der Waals surface area contributed by atoms with Gasteiger partial charge < -0.3 is 40.2 Å². The normalized spacial score (nSPS) is 26.6. The Morgan fingerprint density at radius 1 is 0.606 bits per heavy atom. The molecule has 16 nitrogen and oxygen atoms in total. The molecule has 3 aromatic rings. The van der Waals surface area contributed by atoms with E-state index in [9.17, 15) is 28.8 Å². The number of H-pyrrole nitrogens is 2. The highest BCUT2D eigenvalue weighted by Crippen LogP contribution is 2.58. The zero-order valence-electron chi connectivity index (χ0n) is 39.2. The maximum atomic E-state index is 14.1. The van der Waals surface area contributed by atoms with Crippen LogP contribution in [-0.2, 0) is 30.0 Å². The number of nitrogens with zero attached hydrogens (tertiary/aromatic N) is 6. The molecule has 4 saturated heterocycles. The third-order valence-electron chi connectivity index (χ3n) is 16.2. The number of nitrogens with one attached hydrogen (secondary N) is 4. The third kappa shape index (κ3) is 8.88. The van der Waals surface area contributed by atoms with E-state index < -0.39 is 12.1 Å². The van der Waals surface area contributed by atoms with Gasteiger partial charge in [-0.3, -0.25) is 19.2 Å². The minimum absolute atomic E-state index is 0.0300. The molecular weight excluding hydrogens is 837 g/mol. The lowest BCUT2D eigenvalue weighted by atomic mass is 9.51. The van der Waals surface area contributed by atoms with Crippen LogP contribution in [0.5, 0.6) is 0 Å². The highest BCUT2D eigenvalue weighted by molar-refractivity contribution is 5.90.